The van der Waals surface area contributed by atoms with Gasteiger partial charge in [0.1, 0.15) is 0 Å². The highest BCUT2D eigenvalue weighted by atomic mass is 32.2. The number of anilines is 1. The highest BCUT2D eigenvalue weighted by Crippen LogP contribution is 2.19. The van der Waals surface area contributed by atoms with Gasteiger partial charge >= 0.3 is 0 Å². The molecular formula is C16H26N2O2S. The second kappa shape index (κ2) is 7.27. The minimum atomic E-state index is -3.10. The molecule has 0 bridgehead atoms. The van der Waals surface area contributed by atoms with E-state index in [-0.39, 0.29) is 5.75 Å². The molecule has 1 aromatic rings. The fourth-order valence-electron chi connectivity index (χ4n) is 2.78. The zero-order chi connectivity index (χ0) is 15.3. The first kappa shape index (κ1) is 16.3. The van der Waals surface area contributed by atoms with Gasteiger partial charge in [0.15, 0.2) is 9.84 Å². The number of nitrogens with one attached hydrogen (secondary N) is 1. The van der Waals surface area contributed by atoms with E-state index in [0.29, 0.717) is 10.9 Å². The fraction of sp³-hybridized carbons (Fsp3) is 0.625. The van der Waals surface area contributed by atoms with E-state index in [0.717, 1.165) is 25.2 Å². The van der Waals surface area contributed by atoms with Crippen LogP contribution < -0.4 is 5.32 Å². The van der Waals surface area contributed by atoms with Crippen LogP contribution in [-0.4, -0.2) is 44.7 Å². The SMILES string of the molecule is CCN1CCCC(Nc2ccc(S(=O)(=O)CC)cc2)CC1. The monoisotopic (exact) mass is 310 g/mol. The zero-order valence-electron chi connectivity index (χ0n) is 13.0. The molecule has 4 nitrogen and oxygen atoms in total. The molecule has 0 aliphatic carbocycles. The third-order valence-corrected chi connectivity index (χ3v) is 5.98. The van der Waals surface area contributed by atoms with Crippen molar-refractivity contribution in [3.63, 3.8) is 0 Å². The predicted molar refractivity (Wildman–Crippen MR) is 87.5 cm³/mol. The van der Waals surface area contributed by atoms with Crippen LogP contribution in [0.25, 0.3) is 0 Å². The summed E-state index contributed by atoms with van der Waals surface area (Å²) in [6, 6.07) is 7.65. The minimum absolute atomic E-state index is 0.148. The molecule has 0 spiro atoms. The second-order valence-electron chi connectivity index (χ2n) is 5.63. The van der Waals surface area contributed by atoms with Gasteiger partial charge in [-0.3, -0.25) is 0 Å². The molecule has 1 aromatic carbocycles. The van der Waals surface area contributed by atoms with Gasteiger partial charge in [-0.15, -0.1) is 0 Å². The maximum atomic E-state index is 11.8. The zero-order valence-corrected chi connectivity index (χ0v) is 13.8. The van der Waals surface area contributed by atoms with Crippen LogP contribution in [0, 0.1) is 0 Å². The Morgan fingerprint density at radius 1 is 1.14 bits per heavy atom. The van der Waals surface area contributed by atoms with E-state index in [1.54, 1.807) is 19.1 Å². The van der Waals surface area contributed by atoms with Crippen molar-refractivity contribution < 1.29 is 8.42 Å². The van der Waals surface area contributed by atoms with Crippen LogP contribution in [0.15, 0.2) is 29.2 Å². The second-order valence-corrected chi connectivity index (χ2v) is 7.91. The van der Waals surface area contributed by atoms with Gasteiger partial charge in [-0.25, -0.2) is 8.42 Å². The number of likely N-dealkylation sites (tertiary alicyclic amines) is 1. The Morgan fingerprint density at radius 2 is 1.86 bits per heavy atom. The lowest BCUT2D eigenvalue weighted by Gasteiger charge is -2.19. The molecule has 0 radical (unpaired) electrons. The van der Waals surface area contributed by atoms with Gasteiger partial charge in [0.2, 0.25) is 0 Å². The molecule has 0 saturated carbocycles. The third-order valence-electron chi connectivity index (χ3n) is 4.23. The summed E-state index contributed by atoms with van der Waals surface area (Å²) in [6.45, 7) is 7.32. The lowest BCUT2D eigenvalue weighted by atomic mass is 10.1. The van der Waals surface area contributed by atoms with Crippen molar-refractivity contribution in [2.75, 3.05) is 30.7 Å². The first-order valence-electron chi connectivity index (χ1n) is 7.87. The Morgan fingerprint density at radius 3 is 2.48 bits per heavy atom. The summed E-state index contributed by atoms with van der Waals surface area (Å²) >= 11 is 0. The van der Waals surface area contributed by atoms with Crippen LogP contribution in [0.2, 0.25) is 0 Å². The minimum Gasteiger partial charge on any atom is -0.382 e. The predicted octanol–water partition coefficient (Wildman–Crippen LogP) is 2.77. The molecule has 1 saturated heterocycles. The lowest BCUT2D eigenvalue weighted by molar-refractivity contribution is 0.300. The van der Waals surface area contributed by atoms with Crippen LogP contribution in [0.4, 0.5) is 5.69 Å². The molecule has 1 N–H and O–H groups in total. The molecule has 1 unspecified atom stereocenters. The highest BCUT2D eigenvalue weighted by Gasteiger charge is 2.16. The summed E-state index contributed by atoms with van der Waals surface area (Å²) in [5.74, 6) is 0.148. The van der Waals surface area contributed by atoms with Gasteiger partial charge in [-0.1, -0.05) is 13.8 Å². The molecule has 21 heavy (non-hydrogen) atoms. The van der Waals surface area contributed by atoms with E-state index < -0.39 is 9.84 Å². The number of hydrogen-bond acceptors (Lipinski definition) is 4. The Balaban J connectivity index is 1.97. The molecule has 0 amide bonds. The molecular weight excluding hydrogens is 284 g/mol. The van der Waals surface area contributed by atoms with Crippen molar-refractivity contribution in [2.24, 2.45) is 0 Å². The number of sulfone groups is 1. The van der Waals surface area contributed by atoms with Gasteiger partial charge in [0.25, 0.3) is 0 Å². The van der Waals surface area contributed by atoms with Crippen molar-refractivity contribution in [1.29, 1.82) is 0 Å². The number of rotatable bonds is 5. The Kier molecular flexibility index (Phi) is 5.65. The summed E-state index contributed by atoms with van der Waals surface area (Å²) in [6.07, 6.45) is 3.53. The standard InChI is InChI=1S/C16H26N2O2S/c1-3-18-12-5-6-14(11-13-18)17-15-7-9-16(10-8-15)21(19,20)4-2/h7-10,14,17H,3-6,11-13H2,1-2H3. The summed E-state index contributed by atoms with van der Waals surface area (Å²) in [7, 11) is -3.10. The Bertz CT molecular complexity index is 540. The smallest absolute Gasteiger partial charge is 0.178 e. The molecule has 1 aliphatic heterocycles. The maximum Gasteiger partial charge on any atom is 0.178 e. The van der Waals surface area contributed by atoms with Crippen LogP contribution >= 0.6 is 0 Å². The molecule has 1 aliphatic rings. The summed E-state index contributed by atoms with van der Waals surface area (Å²) in [4.78, 5) is 2.90. The topological polar surface area (TPSA) is 49.4 Å². The van der Waals surface area contributed by atoms with Crippen molar-refractivity contribution >= 4 is 15.5 Å². The van der Waals surface area contributed by atoms with Gasteiger partial charge in [0.05, 0.1) is 10.6 Å². The number of nitrogens with zero attached hydrogens (tertiary/aromatic N) is 1. The summed E-state index contributed by atoms with van der Waals surface area (Å²) in [5, 5.41) is 3.54. The van der Waals surface area contributed by atoms with Gasteiger partial charge in [-0.2, -0.15) is 0 Å². The molecule has 1 fully saturated rings. The molecule has 5 heteroatoms. The maximum absolute atomic E-state index is 11.8. The molecule has 1 heterocycles. The normalized spacial score (nSPS) is 21.0. The van der Waals surface area contributed by atoms with Gasteiger partial charge in [0, 0.05) is 18.3 Å². The van der Waals surface area contributed by atoms with Crippen LogP contribution in [-0.2, 0) is 9.84 Å². The lowest BCUT2D eigenvalue weighted by Crippen LogP contribution is -2.26. The number of hydrogen-bond donors (Lipinski definition) is 1. The summed E-state index contributed by atoms with van der Waals surface area (Å²) < 4.78 is 23.6. The molecule has 118 valence electrons. The molecule has 1 atom stereocenters. The number of benzene rings is 1. The summed E-state index contributed by atoms with van der Waals surface area (Å²) in [5.41, 5.74) is 1.01. The fourth-order valence-corrected chi connectivity index (χ4v) is 3.66. The van der Waals surface area contributed by atoms with E-state index >= 15 is 0 Å². The molecule has 0 aromatic heterocycles. The van der Waals surface area contributed by atoms with Crippen molar-refractivity contribution in [3.05, 3.63) is 24.3 Å². The van der Waals surface area contributed by atoms with E-state index in [1.165, 1.54) is 19.4 Å². The Hall–Kier alpha value is -1.07. The van der Waals surface area contributed by atoms with E-state index in [2.05, 4.69) is 17.1 Å². The Labute approximate surface area is 128 Å². The largest absolute Gasteiger partial charge is 0.382 e. The quantitative estimate of drug-likeness (QED) is 0.908. The van der Waals surface area contributed by atoms with Crippen LogP contribution in [0.5, 0.6) is 0 Å². The average Bonchev–Trinajstić information content (AvgIpc) is 2.73. The molecule has 2 rings (SSSR count). The first-order chi connectivity index (χ1) is 10.0. The first-order valence-corrected chi connectivity index (χ1v) is 9.52. The van der Waals surface area contributed by atoms with Crippen molar-refractivity contribution in [1.82, 2.24) is 4.90 Å². The van der Waals surface area contributed by atoms with Crippen LogP contribution in [0.1, 0.15) is 33.1 Å². The van der Waals surface area contributed by atoms with Crippen LogP contribution in [0.3, 0.4) is 0 Å². The van der Waals surface area contributed by atoms with E-state index in [4.69, 9.17) is 0 Å². The third kappa shape index (κ3) is 4.45. The average molecular weight is 310 g/mol. The van der Waals surface area contributed by atoms with Gasteiger partial charge < -0.3 is 10.2 Å². The van der Waals surface area contributed by atoms with Crippen molar-refractivity contribution in [2.45, 2.75) is 44.0 Å². The van der Waals surface area contributed by atoms with Crippen molar-refractivity contribution in [3.8, 4) is 0 Å². The van der Waals surface area contributed by atoms with E-state index in [9.17, 15) is 8.42 Å². The van der Waals surface area contributed by atoms with E-state index in [1.807, 2.05) is 12.1 Å². The van der Waals surface area contributed by atoms with Gasteiger partial charge in [-0.05, 0) is 56.6 Å². The highest BCUT2D eigenvalue weighted by molar-refractivity contribution is 7.91.